The summed E-state index contributed by atoms with van der Waals surface area (Å²) in [5.41, 5.74) is 6.55. The second-order valence-corrected chi connectivity index (χ2v) is 6.63. The van der Waals surface area contributed by atoms with E-state index in [1.807, 2.05) is 86.6 Å². The number of rotatable bonds is 8. The molecule has 0 saturated heterocycles. The molecule has 0 bridgehead atoms. The van der Waals surface area contributed by atoms with Gasteiger partial charge in [-0.05, 0) is 54.3 Å². The first-order valence-corrected chi connectivity index (χ1v) is 9.39. The summed E-state index contributed by atoms with van der Waals surface area (Å²) in [6, 6.07) is 23.2. The molecular formula is C24H24N2O3. The molecule has 0 aliphatic heterocycles. The second kappa shape index (κ2) is 10.1. The lowest BCUT2D eigenvalue weighted by molar-refractivity contribution is -0.123. The predicted octanol–water partition coefficient (Wildman–Crippen LogP) is 4.41. The third-order valence-corrected chi connectivity index (χ3v) is 4.42. The Kier molecular flexibility index (Phi) is 7.00. The average molecular weight is 388 g/mol. The molecule has 0 aromatic heterocycles. The molecule has 5 heteroatoms. The molecule has 148 valence electrons. The van der Waals surface area contributed by atoms with Gasteiger partial charge in [-0.1, -0.05) is 54.6 Å². The van der Waals surface area contributed by atoms with Gasteiger partial charge in [-0.3, -0.25) is 4.79 Å². The smallest absolute Gasteiger partial charge is 0.277 e. The Hall–Kier alpha value is -3.60. The summed E-state index contributed by atoms with van der Waals surface area (Å²) in [7, 11) is 0. The number of benzene rings is 3. The van der Waals surface area contributed by atoms with Crippen molar-refractivity contribution in [3.63, 3.8) is 0 Å². The molecule has 0 aliphatic carbocycles. The maximum atomic E-state index is 12.0. The fourth-order valence-corrected chi connectivity index (χ4v) is 2.66. The molecular weight excluding hydrogens is 364 g/mol. The third kappa shape index (κ3) is 6.21. The van der Waals surface area contributed by atoms with Crippen molar-refractivity contribution in [2.45, 2.75) is 20.5 Å². The topological polar surface area (TPSA) is 59.9 Å². The number of amides is 1. The van der Waals surface area contributed by atoms with Gasteiger partial charge >= 0.3 is 0 Å². The summed E-state index contributed by atoms with van der Waals surface area (Å²) in [5.74, 6) is 1.12. The van der Waals surface area contributed by atoms with Crippen molar-refractivity contribution in [3.05, 3.63) is 95.1 Å². The molecule has 5 nitrogen and oxygen atoms in total. The summed E-state index contributed by atoms with van der Waals surface area (Å²) in [6.07, 6.45) is 1.57. The van der Waals surface area contributed by atoms with Crippen molar-refractivity contribution in [2.24, 2.45) is 5.10 Å². The van der Waals surface area contributed by atoms with Crippen LogP contribution < -0.4 is 14.9 Å². The minimum absolute atomic E-state index is 0.0954. The van der Waals surface area contributed by atoms with E-state index in [1.54, 1.807) is 6.21 Å². The fourth-order valence-electron chi connectivity index (χ4n) is 2.66. The summed E-state index contributed by atoms with van der Waals surface area (Å²) in [4.78, 5) is 12.0. The van der Waals surface area contributed by atoms with Gasteiger partial charge in [0.2, 0.25) is 0 Å². The molecule has 29 heavy (non-hydrogen) atoms. The van der Waals surface area contributed by atoms with Crippen LogP contribution in [-0.4, -0.2) is 18.7 Å². The first-order chi connectivity index (χ1) is 14.1. The van der Waals surface area contributed by atoms with Crippen LogP contribution in [0.2, 0.25) is 0 Å². The number of carbonyl (C=O) groups is 1. The molecule has 3 aromatic rings. The summed E-state index contributed by atoms with van der Waals surface area (Å²) >= 11 is 0. The van der Waals surface area contributed by atoms with Gasteiger partial charge in [0, 0.05) is 0 Å². The van der Waals surface area contributed by atoms with Crippen LogP contribution in [-0.2, 0) is 11.4 Å². The Labute approximate surface area is 171 Å². The van der Waals surface area contributed by atoms with Gasteiger partial charge in [0.05, 0.1) is 6.21 Å². The lowest BCUT2D eigenvalue weighted by Gasteiger charge is -2.09. The molecule has 0 saturated carbocycles. The van der Waals surface area contributed by atoms with Gasteiger partial charge < -0.3 is 9.47 Å². The van der Waals surface area contributed by atoms with Gasteiger partial charge in [0.25, 0.3) is 5.91 Å². The quantitative estimate of drug-likeness (QED) is 0.459. The first kappa shape index (κ1) is 20.1. The second-order valence-electron chi connectivity index (χ2n) is 6.63. The molecule has 3 aromatic carbocycles. The van der Waals surface area contributed by atoms with Crippen LogP contribution in [0.15, 0.2) is 77.9 Å². The monoisotopic (exact) mass is 388 g/mol. The van der Waals surface area contributed by atoms with Gasteiger partial charge in [0.1, 0.15) is 18.1 Å². The number of aryl methyl sites for hydroxylation is 1. The Bertz CT molecular complexity index is 984. The van der Waals surface area contributed by atoms with Crippen molar-refractivity contribution in [2.75, 3.05) is 6.61 Å². The number of hydrogen-bond donors (Lipinski definition) is 1. The Balaban J connectivity index is 1.48. The van der Waals surface area contributed by atoms with E-state index < -0.39 is 0 Å². The van der Waals surface area contributed by atoms with Crippen LogP contribution in [0.4, 0.5) is 0 Å². The van der Waals surface area contributed by atoms with Crippen molar-refractivity contribution in [1.29, 1.82) is 0 Å². The molecule has 0 aliphatic rings. The van der Waals surface area contributed by atoms with Crippen molar-refractivity contribution >= 4 is 12.1 Å². The highest BCUT2D eigenvalue weighted by atomic mass is 16.5. The molecule has 0 unspecified atom stereocenters. The van der Waals surface area contributed by atoms with Crippen LogP contribution in [0.1, 0.15) is 22.3 Å². The standard InChI is InChI=1S/C24H24N2O3/c1-18-8-6-13-23(19(18)2)29-17-24(27)26-25-15-21-11-7-12-22(14-21)28-16-20-9-4-3-5-10-20/h3-15H,16-17H2,1-2H3,(H,26,27)/b25-15+. The normalized spacial score (nSPS) is 10.7. The van der Waals surface area contributed by atoms with E-state index in [2.05, 4.69) is 10.5 Å². The van der Waals surface area contributed by atoms with E-state index in [9.17, 15) is 4.79 Å². The van der Waals surface area contributed by atoms with E-state index in [4.69, 9.17) is 9.47 Å². The molecule has 3 rings (SSSR count). The van der Waals surface area contributed by atoms with Gasteiger partial charge in [-0.25, -0.2) is 5.43 Å². The molecule has 1 N–H and O–H groups in total. The van der Waals surface area contributed by atoms with Crippen LogP contribution in [0.25, 0.3) is 0 Å². The molecule has 0 radical (unpaired) electrons. The van der Waals surface area contributed by atoms with Crippen molar-refractivity contribution < 1.29 is 14.3 Å². The number of hydrogen-bond acceptors (Lipinski definition) is 4. The maximum Gasteiger partial charge on any atom is 0.277 e. The molecule has 0 atom stereocenters. The molecule has 0 heterocycles. The number of carbonyl (C=O) groups excluding carboxylic acids is 1. The van der Waals surface area contributed by atoms with Crippen molar-refractivity contribution in [3.8, 4) is 11.5 Å². The first-order valence-electron chi connectivity index (χ1n) is 9.39. The Morgan fingerprint density at radius 1 is 0.966 bits per heavy atom. The van der Waals surface area contributed by atoms with Gasteiger partial charge in [-0.2, -0.15) is 5.10 Å². The lowest BCUT2D eigenvalue weighted by Crippen LogP contribution is -2.24. The Morgan fingerprint density at radius 2 is 1.76 bits per heavy atom. The molecule has 1 amide bonds. The largest absolute Gasteiger partial charge is 0.489 e. The van der Waals surface area contributed by atoms with E-state index in [0.717, 1.165) is 28.0 Å². The SMILES string of the molecule is Cc1cccc(OCC(=O)N/N=C/c2cccc(OCc3ccccc3)c2)c1C. The van der Waals surface area contributed by atoms with E-state index >= 15 is 0 Å². The third-order valence-electron chi connectivity index (χ3n) is 4.42. The maximum absolute atomic E-state index is 12.0. The fraction of sp³-hybridized carbons (Fsp3) is 0.167. The number of nitrogens with zero attached hydrogens (tertiary/aromatic N) is 1. The highest BCUT2D eigenvalue weighted by molar-refractivity contribution is 5.83. The van der Waals surface area contributed by atoms with Gasteiger partial charge in [0.15, 0.2) is 6.61 Å². The summed E-state index contributed by atoms with van der Waals surface area (Å²) in [5, 5.41) is 3.99. The average Bonchev–Trinajstić information content (AvgIpc) is 2.74. The Morgan fingerprint density at radius 3 is 2.59 bits per heavy atom. The minimum Gasteiger partial charge on any atom is -0.489 e. The van der Waals surface area contributed by atoms with E-state index in [1.165, 1.54) is 0 Å². The highest BCUT2D eigenvalue weighted by Gasteiger charge is 2.05. The van der Waals surface area contributed by atoms with Crippen molar-refractivity contribution in [1.82, 2.24) is 5.43 Å². The number of nitrogens with one attached hydrogen (secondary N) is 1. The lowest BCUT2D eigenvalue weighted by atomic mass is 10.1. The number of hydrazone groups is 1. The summed E-state index contributed by atoms with van der Waals surface area (Å²) in [6.45, 7) is 4.37. The van der Waals surface area contributed by atoms with Crippen LogP contribution in [0.5, 0.6) is 11.5 Å². The number of ether oxygens (including phenoxy) is 2. The van der Waals surface area contributed by atoms with E-state index in [0.29, 0.717) is 12.4 Å². The van der Waals surface area contributed by atoms with E-state index in [-0.39, 0.29) is 12.5 Å². The zero-order valence-electron chi connectivity index (χ0n) is 16.6. The summed E-state index contributed by atoms with van der Waals surface area (Å²) < 4.78 is 11.4. The van der Waals surface area contributed by atoms with Crippen LogP contribution >= 0.6 is 0 Å². The zero-order chi connectivity index (χ0) is 20.5. The van der Waals surface area contributed by atoms with Gasteiger partial charge in [-0.15, -0.1) is 0 Å². The minimum atomic E-state index is -0.321. The highest BCUT2D eigenvalue weighted by Crippen LogP contribution is 2.20. The van der Waals surface area contributed by atoms with Crippen LogP contribution in [0, 0.1) is 13.8 Å². The zero-order valence-corrected chi connectivity index (χ0v) is 16.6. The molecule has 0 spiro atoms. The van der Waals surface area contributed by atoms with Crippen LogP contribution in [0.3, 0.4) is 0 Å². The molecule has 0 fully saturated rings. The predicted molar refractivity (Wildman–Crippen MR) is 114 cm³/mol.